The van der Waals surface area contributed by atoms with Gasteiger partial charge in [0, 0.05) is 25.7 Å². The van der Waals surface area contributed by atoms with Crippen molar-refractivity contribution >= 4 is 10.2 Å². The Hall–Kier alpha value is -0.170. The molecule has 3 atom stereocenters. The molecule has 1 saturated carbocycles. The normalized spacial score (nSPS) is 27.5. The van der Waals surface area contributed by atoms with E-state index >= 15 is 0 Å². The van der Waals surface area contributed by atoms with Crippen LogP contribution in [0.15, 0.2) is 0 Å². The zero-order valence-corrected chi connectivity index (χ0v) is 15.0. The molecule has 0 spiro atoms. The van der Waals surface area contributed by atoms with Crippen molar-refractivity contribution in [3.05, 3.63) is 0 Å². The van der Waals surface area contributed by atoms with Gasteiger partial charge in [-0.05, 0) is 44.1 Å². The molecule has 0 aromatic heterocycles. The van der Waals surface area contributed by atoms with Gasteiger partial charge in [0.15, 0.2) is 0 Å². The van der Waals surface area contributed by atoms with Gasteiger partial charge in [0.05, 0.1) is 0 Å². The molecule has 0 aromatic rings. The monoisotopic (exact) mass is 319 g/mol. The molecular weight excluding hydrogens is 286 g/mol. The highest BCUT2D eigenvalue weighted by atomic mass is 32.2. The van der Waals surface area contributed by atoms with Gasteiger partial charge in [-0.3, -0.25) is 0 Å². The summed E-state index contributed by atoms with van der Waals surface area (Å²) in [5.74, 6) is 1.13. The third-order valence-corrected chi connectivity index (χ3v) is 5.95. The lowest BCUT2D eigenvalue weighted by Gasteiger charge is -2.34. The van der Waals surface area contributed by atoms with Crippen LogP contribution in [0.3, 0.4) is 0 Å². The van der Waals surface area contributed by atoms with Crippen molar-refractivity contribution in [1.82, 2.24) is 14.3 Å². The van der Waals surface area contributed by atoms with E-state index in [-0.39, 0.29) is 6.04 Å². The molecular formula is C15H33N3O2S. The van der Waals surface area contributed by atoms with Gasteiger partial charge in [0.2, 0.25) is 0 Å². The van der Waals surface area contributed by atoms with Gasteiger partial charge in [-0.2, -0.15) is 17.4 Å². The van der Waals surface area contributed by atoms with Crippen LogP contribution in [0.4, 0.5) is 0 Å². The van der Waals surface area contributed by atoms with E-state index in [9.17, 15) is 8.42 Å². The fourth-order valence-electron chi connectivity index (χ4n) is 2.93. The lowest BCUT2D eigenvalue weighted by atomic mass is 9.80. The molecule has 1 rings (SSSR count). The molecule has 0 saturated heterocycles. The summed E-state index contributed by atoms with van der Waals surface area (Å²) in [6.45, 7) is 9.97. The minimum absolute atomic E-state index is 0.0856. The standard InChI is InChI=1S/C15H33N3O2S/c1-12(2)16-9-6-10-18(5)21(19,20)17-15-8-7-13(3)11-14(15)4/h12-17H,6-11H2,1-5H3. The molecule has 1 aliphatic carbocycles. The Labute approximate surface area is 131 Å². The predicted molar refractivity (Wildman–Crippen MR) is 88.4 cm³/mol. The van der Waals surface area contributed by atoms with E-state index < -0.39 is 10.2 Å². The van der Waals surface area contributed by atoms with Crippen molar-refractivity contribution in [1.29, 1.82) is 0 Å². The highest BCUT2D eigenvalue weighted by Gasteiger charge is 2.30. The quantitative estimate of drug-likeness (QED) is 0.672. The summed E-state index contributed by atoms with van der Waals surface area (Å²) in [6, 6.07) is 0.526. The van der Waals surface area contributed by atoms with Crippen LogP contribution < -0.4 is 10.0 Å². The van der Waals surface area contributed by atoms with Crippen LogP contribution in [0.2, 0.25) is 0 Å². The average Bonchev–Trinajstić information content (AvgIpc) is 2.37. The number of hydrogen-bond donors (Lipinski definition) is 2. The lowest BCUT2D eigenvalue weighted by molar-refractivity contribution is 0.246. The van der Waals surface area contributed by atoms with Crippen LogP contribution in [-0.2, 0) is 10.2 Å². The Bertz CT molecular complexity index is 398. The van der Waals surface area contributed by atoms with E-state index in [1.165, 1.54) is 4.31 Å². The van der Waals surface area contributed by atoms with Gasteiger partial charge < -0.3 is 5.32 Å². The van der Waals surface area contributed by atoms with Crippen molar-refractivity contribution in [2.24, 2.45) is 11.8 Å². The van der Waals surface area contributed by atoms with E-state index in [1.54, 1.807) is 7.05 Å². The van der Waals surface area contributed by atoms with Gasteiger partial charge in [0.25, 0.3) is 10.2 Å². The molecule has 1 aliphatic rings. The fourth-order valence-corrected chi connectivity index (χ4v) is 4.22. The molecule has 2 N–H and O–H groups in total. The van der Waals surface area contributed by atoms with E-state index in [0.29, 0.717) is 24.4 Å². The number of nitrogens with zero attached hydrogens (tertiary/aromatic N) is 1. The summed E-state index contributed by atoms with van der Waals surface area (Å²) in [7, 11) is -1.69. The highest BCUT2D eigenvalue weighted by molar-refractivity contribution is 7.87. The van der Waals surface area contributed by atoms with Crippen molar-refractivity contribution in [3.63, 3.8) is 0 Å². The third-order valence-electron chi connectivity index (χ3n) is 4.34. The minimum Gasteiger partial charge on any atom is -0.314 e. The van der Waals surface area contributed by atoms with Crippen molar-refractivity contribution in [2.45, 2.75) is 65.5 Å². The second-order valence-electron chi connectivity index (χ2n) is 6.91. The van der Waals surface area contributed by atoms with Crippen LogP contribution in [-0.4, -0.2) is 44.9 Å². The SMILES string of the molecule is CC1CCC(NS(=O)(=O)N(C)CCCNC(C)C)C(C)C1. The highest BCUT2D eigenvalue weighted by Crippen LogP contribution is 2.29. The smallest absolute Gasteiger partial charge is 0.279 e. The zero-order chi connectivity index (χ0) is 16.0. The van der Waals surface area contributed by atoms with E-state index in [1.807, 2.05) is 0 Å². The second kappa shape index (κ2) is 8.46. The summed E-state index contributed by atoms with van der Waals surface area (Å²) in [6.07, 6.45) is 3.99. The molecule has 0 amide bonds. The Kier molecular flexibility index (Phi) is 7.60. The largest absolute Gasteiger partial charge is 0.314 e. The zero-order valence-electron chi connectivity index (χ0n) is 14.2. The second-order valence-corrected chi connectivity index (χ2v) is 8.72. The molecule has 6 heteroatoms. The van der Waals surface area contributed by atoms with Crippen molar-refractivity contribution < 1.29 is 8.42 Å². The average molecular weight is 320 g/mol. The van der Waals surface area contributed by atoms with Gasteiger partial charge in [0.1, 0.15) is 0 Å². The predicted octanol–water partition coefficient (Wildman–Crippen LogP) is 1.97. The summed E-state index contributed by atoms with van der Waals surface area (Å²) < 4.78 is 29.0. The van der Waals surface area contributed by atoms with E-state index in [0.717, 1.165) is 32.2 Å². The maximum absolute atomic E-state index is 12.3. The molecule has 0 heterocycles. The van der Waals surface area contributed by atoms with Crippen LogP contribution in [0.1, 0.15) is 53.4 Å². The molecule has 126 valence electrons. The molecule has 0 aliphatic heterocycles. The summed E-state index contributed by atoms with van der Waals surface area (Å²) in [5, 5.41) is 3.30. The third kappa shape index (κ3) is 6.63. The van der Waals surface area contributed by atoms with Gasteiger partial charge in [-0.25, -0.2) is 0 Å². The van der Waals surface area contributed by atoms with Crippen LogP contribution >= 0.6 is 0 Å². The molecule has 3 unspecified atom stereocenters. The molecule has 21 heavy (non-hydrogen) atoms. The Morgan fingerprint density at radius 2 is 1.90 bits per heavy atom. The molecule has 5 nitrogen and oxygen atoms in total. The first-order valence-electron chi connectivity index (χ1n) is 8.19. The summed E-state index contributed by atoms with van der Waals surface area (Å²) in [5.41, 5.74) is 0. The van der Waals surface area contributed by atoms with Crippen molar-refractivity contribution in [3.8, 4) is 0 Å². The van der Waals surface area contributed by atoms with Crippen LogP contribution in [0.25, 0.3) is 0 Å². The Balaban J connectivity index is 2.41. The van der Waals surface area contributed by atoms with Crippen LogP contribution in [0.5, 0.6) is 0 Å². The fraction of sp³-hybridized carbons (Fsp3) is 1.00. The van der Waals surface area contributed by atoms with E-state index in [4.69, 9.17) is 0 Å². The number of rotatable bonds is 8. The minimum atomic E-state index is -3.36. The van der Waals surface area contributed by atoms with Gasteiger partial charge in [-0.15, -0.1) is 0 Å². The van der Waals surface area contributed by atoms with Gasteiger partial charge >= 0.3 is 0 Å². The number of hydrogen-bond acceptors (Lipinski definition) is 3. The topological polar surface area (TPSA) is 61.4 Å². The molecule has 0 radical (unpaired) electrons. The lowest BCUT2D eigenvalue weighted by Crippen LogP contribution is -2.48. The summed E-state index contributed by atoms with van der Waals surface area (Å²) in [4.78, 5) is 0. The molecule has 0 bridgehead atoms. The first kappa shape index (κ1) is 18.9. The Morgan fingerprint density at radius 3 is 2.48 bits per heavy atom. The van der Waals surface area contributed by atoms with Gasteiger partial charge in [-0.1, -0.05) is 27.7 Å². The maximum atomic E-state index is 12.3. The first-order chi connectivity index (χ1) is 9.72. The first-order valence-corrected chi connectivity index (χ1v) is 9.63. The van der Waals surface area contributed by atoms with Crippen LogP contribution in [0, 0.1) is 11.8 Å². The Morgan fingerprint density at radius 1 is 1.24 bits per heavy atom. The summed E-state index contributed by atoms with van der Waals surface area (Å²) >= 11 is 0. The van der Waals surface area contributed by atoms with Crippen molar-refractivity contribution in [2.75, 3.05) is 20.1 Å². The maximum Gasteiger partial charge on any atom is 0.279 e. The number of nitrogens with one attached hydrogen (secondary N) is 2. The molecule has 1 fully saturated rings. The molecule has 0 aromatic carbocycles. The van der Waals surface area contributed by atoms with E-state index in [2.05, 4.69) is 37.7 Å².